The van der Waals surface area contributed by atoms with Gasteiger partial charge in [0.25, 0.3) is 0 Å². The second-order valence-corrected chi connectivity index (χ2v) is 8.27. The summed E-state index contributed by atoms with van der Waals surface area (Å²) in [6.45, 7) is 1.76. The average Bonchev–Trinajstić information content (AvgIpc) is 3.05. The number of pyridine rings is 1. The highest BCUT2D eigenvalue weighted by Gasteiger charge is 2.33. The molecule has 31 heavy (non-hydrogen) atoms. The van der Waals surface area contributed by atoms with E-state index in [1.807, 2.05) is 0 Å². The van der Waals surface area contributed by atoms with Crippen LogP contribution in [-0.4, -0.2) is 38.2 Å². The van der Waals surface area contributed by atoms with Gasteiger partial charge in [-0.15, -0.1) is 10.2 Å². The Balaban J connectivity index is 1.61. The number of fused-ring (bicyclic) bond motifs is 2. The molecular weight excluding hydrogens is 455 g/mol. The van der Waals surface area contributed by atoms with Crippen molar-refractivity contribution in [3.63, 3.8) is 0 Å². The number of carbonyl (C=O) groups excluding carboxylic acids is 2. The number of aromatic nitrogens is 3. The van der Waals surface area contributed by atoms with Crippen LogP contribution in [0.2, 0.25) is 5.02 Å². The number of anilines is 2. The number of amides is 2. The van der Waals surface area contributed by atoms with Gasteiger partial charge in [-0.2, -0.15) is 13.2 Å². The summed E-state index contributed by atoms with van der Waals surface area (Å²) in [6.07, 6.45) is -3.63. The Kier molecular flexibility index (Phi) is 5.56. The predicted octanol–water partition coefficient (Wildman–Crippen LogP) is 4.26. The van der Waals surface area contributed by atoms with E-state index in [0.717, 1.165) is 28.4 Å². The van der Waals surface area contributed by atoms with E-state index >= 15 is 0 Å². The highest BCUT2D eigenvalue weighted by atomic mass is 35.5. The molecule has 0 aliphatic carbocycles. The molecule has 1 aromatic carbocycles. The molecule has 0 saturated carbocycles. The minimum absolute atomic E-state index is 0.0629. The smallest absolute Gasteiger partial charge is 0.324 e. The van der Waals surface area contributed by atoms with E-state index in [1.165, 1.54) is 4.90 Å². The maximum absolute atomic E-state index is 13.1. The van der Waals surface area contributed by atoms with E-state index in [-0.39, 0.29) is 39.8 Å². The van der Waals surface area contributed by atoms with Crippen LogP contribution in [0, 0.1) is 0 Å². The fourth-order valence-corrected chi connectivity index (χ4v) is 4.37. The summed E-state index contributed by atoms with van der Waals surface area (Å²) in [4.78, 5) is 26.6. The molecule has 1 aliphatic heterocycles. The third-order valence-corrected chi connectivity index (χ3v) is 5.91. The van der Waals surface area contributed by atoms with E-state index in [2.05, 4.69) is 15.5 Å². The lowest BCUT2D eigenvalue weighted by molar-refractivity contribution is -0.138. The van der Waals surface area contributed by atoms with Crippen molar-refractivity contribution in [3.05, 3.63) is 47.1 Å². The molecule has 12 heteroatoms. The van der Waals surface area contributed by atoms with Crippen LogP contribution < -0.4 is 10.2 Å². The van der Waals surface area contributed by atoms with Crippen LogP contribution in [0.15, 0.2) is 41.7 Å². The number of benzene rings is 1. The van der Waals surface area contributed by atoms with Gasteiger partial charge in [0, 0.05) is 18.7 Å². The lowest BCUT2D eigenvalue weighted by Crippen LogP contribution is -2.40. The maximum Gasteiger partial charge on any atom is 0.417 e. The third kappa shape index (κ3) is 4.19. The molecule has 0 fully saturated rings. The van der Waals surface area contributed by atoms with Gasteiger partial charge in [0.1, 0.15) is 0 Å². The van der Waals surface area contributed by atoms with Crippen LogP contribution >= 0.6 is 23.4 Å². The molecule has 0 spiro atoms. The number of thioether (sulfide) groups is 1. The quantitative estimate of drug-likeness (QED) is 0.580. The van der Waals surface area contributed by atoms with Crippen molar-refractivity contribution in [1.82, 2.24) is 14.6 Å². The molecule has 3 aromatic rings. The standard InChI is InChI=1S/C19H15ClF3N5O2S/c1-10-6-15(29)24-13-4-2-3-5-14(13)28(10)16(30)9-31-18-26-25-17-12(20)7-11(8-27(17)18)19(21,22)23/h2-5,7-8,10H,6,9H2,1H3,(H,24,29). The maximum atomic E-state index is 13.1. The summed E-state index contributed by atoms with van der Waals surface area (Å²) < 4.78 is 40.5. The Labute approximate surface area is 183 Å². The zero-order chi connectivity index (χ0) is 22.3. The average molecular weight is 470 g/mol. The van der Waals surface area contributed by atoms with Crippen molar-refractivity contribution in [2.75, 3.05) is 16.0 Å². The van der Waals surface area contributed by atoms with Gasteiger partial charge in [0.2, 0.25) is 11.8 Å². The van der Waals surface area contributed by atoms with E-state index < -0.39 is 17.8 Å². The molecule has 1 N–H and O–H groups in total. The molecule has 4 rings (SSSR count). The number of nitrogens with one attached hydrogen (secondary N) is 1. The highest BCUT2D eigenvalue weighted by molar-refractivity contribution is 7.99. The molecule has 7 nitrogen and oxygen atoms in total. The summed E-state index contributed by atoms with van der Waals surface area (Å²) in [6, 6.07) is 7.30. The molecule has 2 amide bonds. The molecule has 1 unspecified atom stereocenters. The van der Waals surface area contributed by atoms with Gasteiger partial charge >= 0.3 is 6.18 Å². The number of hydrogen-bond donors (Lipinski definition) is 1. The Hall–Kier alpha value is -2.79. The normalized spacial score (nSPS) is 16.7. The Morgan fingerprint density at radius 1 is 1.32 bits per heavy atom. The first-order chi connectivity index (χ1) is 14.6. The van der Waals surface area contributed by atoms with Gasteiger partial charge in [-0.05, 0) is 25.1 Å². The number of alkyl halides is 3. The van der Waals surface area contributed by atoms with Crippen molar-refractivity contribution < 1.29 is 22.8 Å². The van der Waals surface area contributed by atoms with Crippen LogP contribution in [0.25, 0.3) is 5.65 Å². The summed E-state index contributed by atoms with van der Waals surface area (Å²) in [5, 5.41) is 10.4. The van der Waals surface area contributed by atoms with Crippen molar-refractivity contribution in [1.29, 1.82) is 0 Å². The molecule has 1 aliphatic rings. The highest BCUT2D eigenvalue weighted by Crippen LogP contribution is 2.34. The van der Waals surface area contributed by atoms with Gasteiger partial charge in [-0.25, -0.2) is 0 Å². The second-order valence-electron chi connectivity index (χ2n) is 6.92. The lowest BCUT2D eigenvalue weighted by Gasteiger charge is -2.27. The Morgan fingerprint density at radius 3 is 2.81 bits per heavy atom. The predicted molar refractivity (Wildman–Crippen MR) is 110 cm³/mol. The molecule has 162 valence electrons. The Morgan fingerprint density at radius 2 is 2.06 bits per heavy atom. The fourth-order valence-electron chi connectivity index (χ4n) is 3.35. The SMILES string of the molecule is CC1CC(=O)Nc2ccccc2N1C(=O)CSc1nnc2c(Cl)cc(C(F)(F)F)cn12. The largest absolute Gasteiger partial charge is 0.417 e. The third-order valence-electron chi connectivity index (χ3n) is 4.71. The molecule has 0 saturated heterocycles. The molecule has 0 radical (unpaired) electrons. The van der Waals surface area contributed by atoms with Crippen LogP contribution in [0.1, 0.15) is 18.9 Å². The van der Waals surface area contributed by atoms with Crippen LogP contribution in [-0.2, 0) is 15.8 Å². The topological polar surface area (TPSA) is 79.6 Å². The Bertz CT molecular complexity index is 1180. The first kappa shape index (κ1) is 21.4. The van der Waals surface area contributed by atoms with Crippen molar-refractivity contribution in [3.8, 4) is 0 Å². The first-order valence-electron chi connectivity index (χ1n) is 9.10. The molecule has 1 atom stereocenters. The van der Waals surface area contributed by atoms with Gasteiger partial charge in [-0.1, -0.05) is 35.5 Å². The monoisotopic (exact) mass is 469 g/mol. The number of para-hydroxylation sites is 2. The molecule has 2 aromatic heterocycles. The van der Waals surface area contributed by atoms with Gasteiger partial charge < -0.3 is 10.2 Å². The fraction of sp³-hybridized carbons (Fsp3) is 0.263. The van der Waals surface area contributed by atoms with Gasteiger partial charge in [0.15, 0.2) is 10.8 Å². The second kappa shape index (κ2) is 8.04. The first-order valence-corrected chi connectivity index (χ1v) is 10.5. The zero-order valence-corrected chi connectivity index (χ0v) is 17.6. The number of halogens is 4. The van der Waals surface area contributed by atoms with E-state index in [4.69, 9.17) is 11.6 Å². The van der Waals surface area contributed by atoms with E-state index in [1.54, 1.807) is 31.2 Å². The number of carbonyl (C=O) groups is 2. The summed E-state index contributed by atoms with van der Waals surface area (Å²) in [5.41, 5.74) is 0.190. The molecular formula is C19H15ClF3N5O2S. The molecule has 0 bridgehead atoms. The van der Waals surface area contributed by atoms with Gasteiger partial charge in [0.05, 0.1) is 27.7 Å². The van der Waals surface area contributed by atoms with Crippen LogP contribution in [0.5, 0.6) is 0 Å². The summed E-state index contributed by atoms with van der Waals surface area (Å²) in [5.74, 6) is -0.654. The van der Waals surface area contributed by atoms with Gasteiger partial charge in [-0.3, -0.25) is 14.0 Å². The number of hydrogen-bond acceptors (Lipinski definition) is 5. The van der Waals surface area contributed by atoms with E-state index in [9.17, 15) is 22.8 Å². The van der Waals surface area contributed by atoms with Crippen molar-refractivity contribution in [2.45, 2.75) is 30.7 Å². The van der Waals surface area contributed by atoms with Crippen LogP contribution in [0.3, 0.4) is 0 Å². The number of rotatable bonds is 3. The number of nitrogens with zero attached hydrogens (tertiary/aromatic N) is 4. The van der Waals surface area contributed by atoms with E-state index in [0.29, 0.717) is 11.4 Å². The van der Waals surface area contributed by atoms with Crippen LogP contribution in [0.4, 0.5) is 24.5 Å². The lowest BCUT2D eigenvalue weighted by atomic mass is 10.2. The summed E-state index contributed by atoms with van der Waals surface area (Å²) in [7, 11) is 0. The summed E-state index contributed by atoms with van der Waals surface area (Å²) >= 11 is 6.86. The minimum atomic E-state index is -4.59. The zero-order valence-electron chi connectivity index (χ0n) is 16.0. The minimum Gasteiger partial charge on any atom is -0.324 e. The van der Waals surface area contributed by atoms with Crippen molar-refractivity contribution >= 4 is 52.2 Å². The molecule has 3 heterocycles. The van der Waals surface area contributed by atoms with Crippen molar-refractivity contribution in [2.24, 2.45) is 0 Å².